The second kappa shape index (κ2) is 6.93. The summed E-state index contributed by atoms with van der Waals surface area (Å²) < 4.78 is 0. The Bertz CT molecular complexity index is 1190. The average Bonchev–Trinajstić information content (AvgIpc) is 3.14. The molecule has 0 saturated heterocycles. The molecule has 2 heterocycles. The number of hydrogen-bond acceptors (Lipinski definition) is 3. The van der Waals surface area contributed by atoms with Crippen molar-refractivity contribution in [2.24, 2.45) is 4.99 Å². The zero-order valence-corrected chi connectivity index (χ0v) is 16.6. The molecule has 1 unspecified atom stereocenters. The van der Waals surface area contributed by atoms with Crippen molar-refractivity contribution in [2.45, 2.75) is 32.7 Å². The van der Waals surface area contributed by atoms with Crippen LogP contribution in [-0.2, 0) is 17.8 Å². The molecule has 1 aromatic heterocycles. The lowest BCUT2D eigenvalue weighted by Crippen LogP contribution is -2.17. The van der Waals surface area contributed by atoms with Gasteiger partial charge in [-0.1, -0.05) is 43.3 Å². The molecule has 2 aliphatic rings. The number of rotatable bonds is 3. The molecule has 0 fully saturated rings. The number of aromatic nitrogens is 1. The second-order valence-corrected chi connectivity index (χ2v) is 7.84. The summed E-state index contributed by atoms with van der Waals surface area (Å²) >= 11 is 0. The standard InChI is InChI=1S/C26H22N2O/c1-16(18-7-4-3-5-8-18)23-12-20-13-24-21(11-19(20)14-25(23)29)15-28-26(24)22-9-6-10-27-17(22)2/h3-13,16H,14-15H2,1-2H3. The zero-order chi connectivity index (χ0) is 20.0. The normalized spacial score (nSPS) is 16.0. The fourth-order valence-electron chi connectivity index (χ4n) is 4.38. The highest BCUT2D eigenvalue weighted by Gasteiger charge is 2.27. The first-order valence-electron chi connectivity index (χ1n) is 10.0. The summed E-state index contributed by atoms with van der Waals surface area (Å²) in [7, 11) is 0. The fraction of sp³-hybridized carbons (Fsp3) is 0.192. The first kappa shape index (κ1) is 17.7. The van der Waals surface area contributed by atoms with Crippen molar-refractivity contribution < 1.29 is 4.79 Å². The van der Waals surface area contributed by atoms with Gasteiger partial charge in [0, 0.05) is 40.9 Å². The lowest BCUT2D eigenvalue weighted by atomic mass is 9.81. The van der Waals surface area contributed by atoms with Crippen LogP contribution in [0.2, 0.25) is 0 Å². The van der Waals surface area contributed by atoms with Gasteiger partial charge in [-0.05, 0) is 53.5 Å². The van der Waals surface area contributed by atoms with E-state index >= 15 is 0 Å². The van der Waals surface area contributed by atoms with Gasteiger partial charge in [0.15, 0.2) is 5.78 Å². The third-order valence-corrected chi connectivity index (χ3v) is 6.04. The van der Waals surface area contributed by atoms with Crippen LogP contribution in [0, 0.1) is 6.92 Å². The monoisotopic (exact) mass is 378 g/mol. The third kappa shape index (κ3) is 3.03. The van der Waals surface area contributed by atoms with Gasteiger partial charge in [0.2, 0.25) is 0 Å². The number of ketones is 1. The number of benzene rings is 2. The third-order valence-electron chi connectivity index (χ3n) is 6.04. The highest BCUT2D eigenvalue weighted by molar-refractivity contribution is 6.16. The van der Waals surface area contributed by atoms with E-state index in [0.29, 0.717) is 13.0 Å². The minimum Gasteiger partial charge on any atom is -0.294 e. The van der Waals surface area contributed by atoms with Gasteiger partial charge in [-0.2, -0.15) is 0 Å². The molecule has 3 aromatic rings. The van der Waals surface area contributed by atoms with Gasteiger partial charge in [0.05, 0.1) is 12.3 Å². The molecule has 3 nitrogen and oxygen atoms in total. The Hall–Kier alpha value is -3.33. The molecular formula is C26H22N2O. The number of aliphatic imine (C=N–C) groups is 1. The maximum absolute atomic E-state index is 12.9. The number of carbonyl (C=O) groups excluding carboxylic acids is 1. The SMILES string of the molecule is Cc1ncccc1C1=NCc2cc3c(cc21)C=C(C(C)c1ccccc1)C(=O)C3. The van der Waals surface area contributed by atoms with Crippen molar-refractivity contribution in [1.82, 2.24) is 4.98 Å². The molecule has 2 aromatic carbocycles. The van der Waals surface area contributed by atoms with Crippen molar-refractivity contribution in [1.29, 1.82) is 0 Å². The Morgan fingerprint density at radius 1 is 0.966 bits per heavy atom. The number of carbonyl (C=O) groups is 1. The van der Waals surface area contributed by atoms with Gasteiger partial charge < -0.3 is 0 Å². The molecule has 5 rings (SSSR count). The van der Waals surface area contributed by atoms with Crippen LogP contribution in [0.3, 0.4) is 0 Å². The fourth-order valence-corrected chi connectivity index (χ4v) is 4.38. The lowest BCUT2D eigenvalue weighted by molar-refractivity contribution is -0.115. The van der Waals surface area contributed by atoms with E-state index in [2.05, 4.69) is 48.3 Å². The van der Waals surface area contributed by atoms with Crippen molar-refractivity contribution in [3.05, 3.63) is 105 Å². The molecule has 3 heteroatoms. The minimum atomic E-state index is 0.0822. The van der Waals surface area contributed by atoms with Gasteiger partial charge in [-0.15, -0.1) is 0 Å². The predicted octanol–water partition coefficient (Wildman–Crippen LogP) is 5.05. The van der Waals surface area contributed by atoms with E-state index in [1.54, 1.807) is 0 Å². The van der Waals surface area contributed by atoms with Crippen LogP contribution in [0.4, 0.5) is 0 Å². The Morgan fingerprint density at radius 3 is 2.59 bits per heavy atom. The molecule has 0 N–H and O–H groups in total. The van der Waals surface area contributed by atoms with E-state index in [4.69, 9.17) is 4.99 Å². The predicted molar refractivity (Wildman–Crippen MR) is 116 cm³/mol. The lowest BCUT2D eigenvalue weighted by Gasteiger charge is -2.22. The van der Waals surface area contributed by atoms with Crippen LogP contribution in [0.25, 0.3) is 6.08 Å². The molecule has 1 atom stereocenters. The van der Waals surface area contributed by atoms with Gasteiger partial charge >= 0.3 is 0 Å². The first-order chi connectivity index (χ1) is 14.1. The molecule has 0 saturated carbocycles. The van der Waals surface area contributed by atoms with E-state index in [0.717, 1.165) is 39.2 Å². The minimum absolute atomic E-state index is 0.0822. The zero-order valence-electron chi connectivity index (χ0n) is 16.6. The largest absolute Gasteiger partial charge is 0.294 e. The van der Waals surface area contributed by atoms with Crippen molar-refractivity contribution in [2.75, 3.05) is 0 Å². The van der Waals surface area contributed by atoms with Crippen molar-refractivity contribution in [3.8, 4) is 0 Å². The van der Waals surface area contributed by atoms with Crippen LogP contribution in [-0.4, -0.2) is 16.5 Å². The number of hydrogen-bond donors (Lipinski definition) is 0. The molecular weight excluding hydrogens is 356 g/mol. The molecule has 1 aliphatic carbocycles. The van der Waals surface area contributed by atoms with Crippen LogP contribution in [0.5, 0.6) is 0 Å². The molecule has 0 bridgehead atoms. The summed E-state index contributed by atoms with van der Waals surface area (Å²) in [4.78, 5) is 22.1. The number of Topliss-reactive ketones (excluding diaryl/α,β-unsaturated/α-hetero) is 1. The van der Waals surface area contributed by atoms with Crippen LogP contribution < -0.4 is 0 Å². The number of nitrogens with zero attached hydrogens (tertiary/aromatic N) is 2. The number of aryl methyl sites for hydroxylation is 1. The summed E-state index contributed by atoms with van der Waals surface area (Å²) in [6, 6.07) is 18.7. The first-order valence-corrected chi connectivity index (χ1v) is 10.0. The van der Waals surface area contributed by atoms with Gasteiger partial charge in [-0.25, -0.2) is 0 Å². The molecule has 142 valence electrons. The Morgan fingerprint density at radius 2 is 1.79 bits per heavy atom. The molecule has 1 aliphatic heterocycles. The quantitative estimate of drug-likeness (QED) is 0.640. The van der Waals surface area contributed by atoms with Crippen molar-refractivity contribution in [3.63, 3.8) is 0 Å². The maximum Gasteiger partial charge on any atom is 0.163 e. The number of fused-ring (bicyclic) bond motifs is 2. The topological polar surface area (TPSA) is 42.3 Å². The molecule has 0 radical (unpaired) electrons. The van der Waals surface area contributed by atoms with E-state index in [1.807, 2.05) is 37.4 Å². The summed E-state index contributed by atoms with van der Waals surface area (Å²) in [5.41, 5.74) is 9.74. The Labute approximate surface area is 170 Å². The number of allylic oxidation sites excluding steroid dienone is 1. The second-order valence-electron chi connectivity index (χ2n) is 7.84. The van der Waals surface area contributed by atoms with Crippen LogP contribution >= 0.6 is 0 Å². The Balaban J connectivity index is 1.57. The van der Waals surface area contributed by atoms with E-state index in [-0.39, 0.29) is 11.7 Å². The summed E-state index contributed by atoms with van der Waals surface area (Å²) in [5, 5.41) is 0. The van der Waals surface area contributed by atoms with E-state index in [9.17, 15) is 4.79 Å². The highest BCUT2D eigenvalue weighted by atomic mass is 16.1. The van der Waals surface area contributed by atoms with E-state index in [1.165, 1.54) is 11.1 Å². The highest BCUT2D eigenvalue weighted by Crippen LogP contribution is 2.35. The molecule has 0 amide bonds. The maximum atomic E-state index is 12.9. The summed E-state index contributed by atoms with van der Waals surface area (Å²) in [6.45, 7) is 4.80. The summed E-state index contributed by atoms with van der Waals surface area (Å²) in [5.74, 6) is 0.301. The van der Waals surface area contributed by atoms with Gasteiger partial charge in [0.1, 0.15) is 0 Å². The molecule has 29 heavy (non-hydrogen) atoms. The summed E-state index contributed by atoms with van der Waals surface area (Å²) in [6.07, 6.45) is 4.37. The smallest absolute Gasteiger partial charge is 0.163 e. The molecule has 0 spiro atoms. The Kier molecular flexibility index (Phi) is 4.24. The average molecular weight is 378 g/mol. The van der Waals surface area contributed by atoms with Gasteiger partial charge in [0.25, 0.3) is 0 Å². The van der Waals surface area contributed by atoms with Crippen molar-refractivity contribution >= 4 is 17.6 Å². The van der Waals surface area contributed by atoms with E-state index < -0.39 is 0 Å². The van der Waals surface area contributed by atoms with Crippen LogP contribution in [0.1, 0.15) is 51.9 Å². The van der Waals surface area contributed by atoms with Gasteiger partial charge in [-0.3, -0.25) is 14.8 Å². The number of pyridine rings is 1. The van der Waals surface area contributed by atoms with Crippen LogP contribution in [0.15, 0.2) is 71.4 Å².